The SMILES string of the molecule is CC(=Cc1ccc(O[C@@H]2OC(=C(C)NOCc3ccc(Cl)cc3Cl)[C@@H](O)[C@]2(C)O)c(F)c1)C(=O)N[C@@H]1[C@H](O)[C@@H](O)[C@H]2OCO[C@H]2[C@@H]1O. The molecule has 47 heavy (non-hydrogen) atoms. The predicted octanol–water partition coefficient (Wildman–Crippen LogP) is 1.66. The van der Waals surface area contributed by atoms with Gasteiger partial charge in [-0.1, -0.05) is 35.3 Å². The molecule has 1 saturated carbocycles. The number of carbonyl (C=O) groups is 1. The first-order valence-electron chi connectivity index (χ1n) is 14.5. The summed E-state index contributed by atoms with van der Waals surface area (Å²) in [5.74, 6) is -1.95. The van der Waals surface area contributed by atoms with Gasteiger partial charge in [-0.3, -0.25) is 15.1 Å². The van der Waals surface area contributed by atoms with Gasteiger partial charge in [-0.2, -0.15) is 0 Å². The molecular formula is C31H35Cl2FN2O11. The third-order valence-electron chi connectivity index (χ3n) is 8.18. The van der Waals surface area contributed by atoms with Gasteiger partial charge in [0.05, 0.1) is 11.7 Å². The molecule has 2 aromatic carbocycles. The molecule has 2 aromatic rings. The number of nitrogens with one attached hydrogen (secondary N) is 2. The van der Waals surface area contributed by atoms with Gasteiger partial charge in [0, 0.05) is 15.6 Å². The highest BCUT2D eigenvalue weighted by Crippen LogP contribution is 2.37. The highest BCUT2D eigenvalue weighted by molar-refractivity contribution is 6.35. The van der Waals surface area contributed by atoms with Crippen LogP contribution in [0.2, 0.25) is 10.0 Å². The number of hydrogen-bond acceptors (Lipinski definition) is 12. The van der Waals surface area contributed by atoms with E-state index in [1.54, 1.807) is 18.2 Å². The molecule has 9 atom stereocenters. The maximum absolute atomic E-state index is 15.2. The summed E-state index contributed by atoms with van der Waals surface area (Å²) in [7, 11) is 0. The van der Waals surface area contributed by atoms with E-state index in [-0.39, 0.29) is 41.7 Å². The molecule has 0 aromatic heterocycles. The Balaban J connectivity index is 1.21. The van der Waals surface area contributed by atoms with E-state index in [2.05, 4.69) is 10.8 Å². The number of halogens is 3. The Morgan fingerprint density at radius 2 is 1.77 bits per heavy atom. The van der Waals surface area contributed by atoms with Crippen molar-refractivity contribution in [1.82, 2.24) is 10.8 Å². The third kappa shape index (κ3) is 7.37. The van der Waals surface area contributed by atoms with Gasteiger partial charge in [-0.25, -0.2) is 4.39 Å². The molecular weight excluding hydrogens is 666 g/mol. The number of amides is 1. The number of aliphatic hydroxyl groups excluding tert-OH is 4. The van der Waals surface area contributed by atoms with E-state index < -0.39 is 66.3 Å². The number of hydroxylamine groups is 1. The van der Waals surface area contributed by atoms with E-state index >= 15 is 4.39 Å². The molecule has 0 unspecified atom stereocenters. The van der Waals surface area contributed by atoms with E-state index in [0.29, 0.717) is 15.6 Å². The van der Waals surface area contributed by atoms with Gasteiger partial charge in [0.25, 0.3) is 6.29 Å². The molecule has 16 heteroatoms. The zero-order chi connectivity index (χ0) is 34.2. The molecule has 2 saturated heterocycles. The first-order valence-corrected chi connectivity index (χ1v) is 15.3. The second-order valence-corrected chi connectivity index (χ2v) is 12.5. The molecule has 2 aliphatic heterocycles. The van der Waals surface area contributed by atoms with Crippen LogP contribution in [0.25, 0.3) is 6.08 Å². The quantitative estimate of drug-likeness (QED) is 0.148. The van der Waals surface area contributed by atoms with Gasteiger partial charge in [-0.15, -0.1) is 0 Å². The highest BCUT2D eigenvalue weighted by atomic mass is 35.5. The fourth-order valence-corrected chi connectivity index (χ4v) is 5.86. The van der Waals surface area contributed by atoms with Crippen molar-refractivity contribution in [2.45, 2.75) is 81.9 Å². The molecule has 2 heterocycles. The van der Waals surface area contributed by atoms with Crippen molar-refractivity contribution in [3.8, 4) is 5.75 Å². The molecule has 3 aliphatic rings. The smallest absolute Gasteiger partial charge is 0.272 e. The van der Waals surface area contributed by atoms with Crippen molar-refractivity contribution in [1.29, 1.82) is 0 Å². The monoisotopic (exact) mass is 700 g/mol. The van der Waals surface area contributed by atoms with Crippen molar-refractivity contribution in [3.63, 3.8) is 0 Å². The Hall–Kier alpha value is -3.02. The van der Waals surface area contributed by atoms with Crippen molar-refractivity contribution in [2.75, 3.05) is 6.79 Å². The summed E-state index contributed by atoms with van der Waals surface area (Å²) in [6, 6.07) is 7.43. The van der Waals surface area contributed by atoms with Crippen molar-refractivity contribution >= 4 is 35.2 Å². The maximum atomic E-state index is 15.2. The van der Waals surface area contributed by atoms with Crippen LogP contribution in [0.15, 0.2) is 53.4 Å². The second kappa shape index (κ2) is 14.2. The third-order valence-corrected chi connectivity index (χ3v) is 8.77. The van der Waals surface area contributed by atoms with Gasteiger partial charge < -0.3 is 49.8 Å². The maximum Gasteiger partial charge on any atom is 0.272 e. The summed E-state index contributed by atoms with van der Waals surface area (Å²) in [5.41, 5.74) is 1.85. The minimum atomic E-state index is -1.99. The van der Waals surface area contributed by atoms with Crippen molar-refractivity contribution in [3.05, 3.63) is 80.4 Å². The summed E-state index contributed by atoms with van der Waals surface area (Å²) in [5, 5.41) is 56.4. The number of benzene rings is 2. The van der Waals surface area contributed by atoms with Crippen LogP contribution in [0.3, 0.4) is 0 Å². The lowest BCUT2D eigenvalue weighted by Gasteiger charge is -2.41. The van der Waals surface area contributed by atoms with Crippen LogP contribution in [0, 0.1) is 5.82 Å². The Bertz CT molecular complexity index is 1560. The largest absolute Gasteiger partial charge is 0.451 e. The Morgan fingerprint density at radius 3 is 2.45 bits per heavy atom. The second-order valence-electron chi connectivity index (χ2n) is 11.7. The average Bonchev–Trinajstić information content (AvgIpc) is 3.60. The topological polar surface area (TPSA) is 188 Å². The van der Waals surface area contributed by atoms with Crippen LogP contribution in [-0.4, -0.2) is 92.8 Å². The fourth-order valence-electron chi connectivity index (χ4n) is 5.40. The number of fused-ring (bicyclic) bond motifs is 1. The fraction of sp³-hybridized carbons (Fsp3) is 0.452. The average molecular weight is 702 g/mol. The molecule has 0 spiro atoms. The van der Waals surface area contributed by atoms with Gasteiger partial charge in [0.15, 0.2) is 22.9 Å². The number of aliphatic hydroxyl groups is 5. The van der Waals surface area contributed by atoms with E-state index in [0.717, 1.165) is 6.07 Å². The van der Waals surface area contributed by atoms with Gasteiger partial charge in [0.1, 0.15) is 50.0 Å². The van der Waals surface area contributed by atoms with E-state index in [4.69, 9.17) is 47.0 Å². The lowest BCUT2D eigenvalue weighted by Crippen LogP contribution is -2.67. The molecule has 1 amide bonds. The summed E-state index contributed by atoms with van der Waals surface area (Å²) in [6.07, 6.45) is -7.86. The summed E-state index contributed by atoms with van der Waals surface area (Å²) < 4.78 is 36.9. The van der Waals surface area contributed by atoms with Crippen LogP contribution in [-0.2, 0) is 30.4 Å². The number of carbonyl (C=O) groups excluding carboxylic acids is 1. The zero-order valence-corrected chi connectivity index (χ0v) is 26.9. The normalized spacial score (nSPS) is 33.2. The first kappa shape index (κ1) is 35.3. The Morgan fingerprint density at radius 1 is 1.06 bits per heavy atom. The van der Waals surface area contributed by atoms with Crippen LogP contribution < -0.4 is 15.5 Å². The van der Waals surface area contributed by atoms with Gasteiger partial charge >= 0.3 is 0 Å². The molecule has 1 aliphatic carbocycles. The van der Waals surface area contributed by atoms with Gasteiger partial charge in [-0.05, 0) is 62.2 Å². The molecule has 0 bridgehead atoms. The van der Waals surface area contributed by atoms with Crippen LogP contribution in [0.1, 0.15) is 31.9 Å². The lowest BCUT2D eigenvalue weighted by atomic mass is 9.83. The predicted molar refractivity (Wildman–Crippen MR) is 164 cm³/mol. The number of allylic oxidation sites excluding steroid dienone is 1. The van der Waals surface area contributed by atoms with Crippen LogP contribution >= 0.6 is 23.2 Å². The van der Waals surface area contributed by atoms with Crippen LogP contribution in [0.5, 0.6) is 5.75 Å². The number of rotatable bonds is 9. The molecule has 3 fully saturated rings. The molecule has 5 rings (SSSR count). The standard InChI is InChI=1S/C31H35Cl2FN2O11/c1-13(29(41)35-21-22(37)24(39)27-26(23(21)38)43-12-44-27)8-15-4-7-20(19(34)9-15)46-30-31(3,42)28(40)25(47-30)14(2)36-45-11-16-5-6-17(32)10-18(16)33/h4-10,21-24,26-28,30,36-40,42H,11-12H2,1-3H3,(H,35,41)/t21-,22+,23-,24-,26+,27-,28-,30-,31+/m1/s1. The van der Waals surface area contributed by atoms with E-state index in [9.17, 15) is 30.3 Å². The van der Waals surface area contributed by atoms with E-state index in [1.807, 2.05) is 0 Å². The summed E-state index contributed by atoms with van der Waals surface area (Å²) in [4.78, 5) is 18.3. The minimum absolute atomic E-state index is 0.0407. The first-order chi connectivity index (χ1) is 22.2. The molecule has 13 nitrogen and oxygen atoms in total. The summed E-state index contributed by atoms with van der Waals surface area (Å²) in [6.45, 7) is 4.11. The Kier molecular flexibility index (Phi) is 10.7. The Labute approximate surface area is 279 Å². The highest BCUT2D eigenvalue weighted by Gasteiger charge is 2.54. The number of hydrogen-bond donors (Lipinski definition) is 7. The zero-order valence-electron chi connectivity index (χ0n) is 25.4. The van der Waals surface area contributed by atoms with Crippen LogP contribution in [0.4, 0.5) is 4.39 Å². The summed E-state index contributed by atoms with van der Waals surface area (Å²) >= 11 is 12.1. The van der Waals surface area contributed by atoms with Crippen molar-refractivity contribution < 1.29 is 58.5 Å². The number of ether oxygens (including phenoxy) is 4. The molecule has 7 N–H and O–H groups in total. The molecule has 256 valence electrons. The van der Waals surface area contributed by atoms with E-state index in [1.165, 1.54) is 39.0 Å². The van der Waals surface area contributed by atoms with Crippen molar-refractivity contribution in [2.24, 2.45) is 0 Å². The minimum Gasteiger partial charge on any atom is -0.451 e. The molecule has 0 radical (unpaired) electrons. The van der Waals surface area contributed by atoms with Gasteiger partial charge in [0.2, 0.25) is 5.91 Å². The lowest BCUT2D eigenvalue weighted by molar-refractivity contribution is -0.155.